The summed E-state index contributed by atoms with van der Waals surface area (Å²) in [6.07, 6.45) is -2.96. The standard InChI is InChI=1S/C14H7F3N6/c15-14(16,17)9-3-1-8(2-4-9)13-19-6-5-10(20-13)12-11(7-18)21-23-22-12/h1-6H,(H,21,22,23). The maximum Gasteiger partial charge on any atom is 0.416 e. The summed E-state index contributed by atoms with van der Waals surface area (Å²) >= 11 is 0. The van der Waals surface area contributed by atoms with Gasteiger partial charge in [-0.2, -0.15) is 28.7 Å². The molecule has 0 bridgehead atoms. The molecule has 2 heterocycles. The highest BCUT2D eigenvalue weighted by Crippen LogP contribution is 2.30. The predicted octanol–water partition coefficient (Wildman–Crippen LogP) is 2.82. The van der Waals surface area contributed by atoms with Crippen molar-refractivity contribution in [1.82, 2.24) is 25.4 Å². The summed E-state index contributed by atoms with van der Waals surface area (Å²) in [5.41, 5.74) is 0.341. The largest absolute Gasteiger partial charge is 0.416 e. The molecule has 0 aliphatic carbocycles. The number of alkyl halides is 3. The molecule has 0 spiro atoms. The van der Waals surface area contributed by atoms with E-state index in [4.69, 9.17) is 5.26 Å². The number of aromatic nitrogens is 5. The number of benzene rings is 1. The van der Waals surface area contributed by atoms with E-state index in [-0.39, 0.29) is 17.2 Å². The van der Waals surface area contributed by atoms with E-state index in [0.717, 1.165) is 12.1 Å². The van der Waals surface area contributed by atoms with Crippen LogP contribution in [-0.4, -0.2) is 25.4 Å². The van der Waals surface area contributed by atoms with Gasteiger partial charge in [-0.1, -0.05) is 12.1 Å². The molecule has 0 saturated heterocycles. The minimum atomic E-state index is -4.40. The van der Waals surface area contributed by atoms with Crippen LogP contribution in [0, 0.1) is 11.3 Å². The number of rotatable bonds is 2. The van der Waals surface area contributed by atoms with Gasteiger partial charge < -0.3 is 0 Å². The van der Waals surface area contributed by atoms with Crippen LogP contribution in [0.5, 0.6) is 0 Å². The van der Waals surface area contributed by atoms with Gasteiger partial charge in [0.1, 0.15) is 11.8 Å². The van der Waals surface area contributed by atoms with Gasteiger partial charge in [0.05, 0.1) is 11.3 Å². The number of nitrogens with zero attached hydrogens (tertiary/aromatic N) is 5. The molecule has 1 aromatic carbocycles. The lowest BCUT2D eigenvalue weighted by Crippen LogP contribution is -2.04. The van der Waals surface area contributed by atoms with Gasteiger partial charge in [-0.25, -0.2) is 9.97 Å². The first-order valence-electron chi connectivity index (χ1n) is 6.31. The summed E-state index contributed by atoms with van der Waals surface area (Å²) in [6, 6.07) is 7.90. The molecule has 3 aromatic rings. The van der Waals surface area contributed by atoms with E-state index in [9.17, 15) is 13.2 Å². The molecular weight excluding hydrogens is 309 g/mol. The lowest BCUT2D eigenvalue weighted by Gasteiger charge is -2.07. The first-order chi connectivity index (χ1) is 11.0. The molecule has 9 heteroatoms. The summed E-state index contributed by atoms with van der Waals surface area (Å²) in [5, 5.41) is 18.8. The molecule has 1 N–H and O–H groups in total. The smallest absolute Gasteiger partial charge is 0.237 e. The van der Waals surface area contributed by atoms with E-state index in [0.29, 0.717) is 11.3 Å². The number of aromatic amines is 1. The Bertz CT molecular complexity index is 877. The van der Waals surface area contributed by atoms with Gasteiger partial charge in [-0.05, 0) is 18.2 Å². The molecule has 0 aliphatic rings. The van der Waals surface area contributed by atoms with Crippen LogP contribution >= 0.6 is 0 Å². The second-order valence-electron chi connectivity index (χ2n) is 4.47. The quantitative estimate of drug-likeness (QED) is 0.785. The van der Waals surface area contributed by atoms with Gasteiger partial charge in [-0.15, -0.1) is 5.10 Å². The third kappa shape index (κ3) is 2.87. The first kappa shape index (κ1) is 14.6. The van der Waals surface area contributed by atoms with Crippen molar-refractivity contribution in [3.8, 4) is 28.8 Å². The number of hydrogen-bond donors (Lipinski definition) is 1. The van der Waals surface area contributed by atoms with Crippen molar-refractivity contribution in [2.45, 2.75) is 6.18 Å². The highest BCUT2D eigenvalue weighted by atomic mass is 19.4. The average Bonchev–Trinajstić information content (AvgIpc) is 3.03. The van der Waals surface area contributed by atoms with Crippen LogP contribution in [0.2, 0.25) is 0 Å². The Hall–Kier alpha value is -3.28. The molecule has 0 fully saturated rings. The lowest BCUT2D eigenvalue weighted by atomic mass is 10.1. The zero-order valence-corrected chi connectivity index (χ0v) is 11.3. The molecule has 23 heavy (non-hydrogen) atoms. The maximum absolute atomic E-state index is 12.6. The molecule has 114 valence electrons. The summed E-state index contributed by atoms with van der Waals surface area (Å²) in [6.45, 7) is 0. The average molecular weight is 316 g/mol. The van der Waals surface area contributed by atoms with Gasteiger partial charge in [0, 0.05) is 11.8 Å². The Morgan fingerprint density at radius 3 is 2.43 bits per heavy atom. The van der Waals surface area contributed by atoms with Crippen LogP contribution in [0.15, 0.2) is 36.5 Å². The van der Waals surface area contributed by atoms with Crippen LogP contribution in [0.4, 0.5) is 13.2 Å². The fourth-order valence-electron chi connectivity index (χ4n) is 1.93. The Morgan fingerprint density at radius 2 is 1.78 bits per heavy atom. The number of nitrogens with one attached hydrogen (secondary N) is 1. The Kier molecular flexibility index (Phi) is 3.50. The van der Waals surface area contributed by atoms with E-state index in [1.807, 2.05) is 6.07 Å². The predicted molar refractivity (Wildman–Crippen MR) is 72.6 cm³/mol. The highest BCUT2D eigenvalue weighted by molar-refractivity contribution is 5.63. The summed E-state index contributed by atoms with van der Waals surface area (Å²) in [7, 11) is 0. The second-order valence-corrected chi connectivity index (χ2v) is 4.47. The number of hydrogen-bond acceptors (Lipinski definition) is 5. The molecule has 0 saturated carbocycles. The Morgan fingerprint density at radius 1 is 1.04 bits per heavy atom. The van der Waals surface area contributed by atoms with Crippen molar-refractivity contribution in [1.29, 1.82) is 5.26 Å². The Labute approximate surface area is 127 Å². The van der Waals surface area contributed by atoms with Crippen molar-refractivity contribution in [3.63, 3.8) is 0 Å². The van der Waals surface area contributed by atoms with Crippen molar-refractivity contribution in [3.05, 3.63) is 47.8 Å². The van der Waals surface area contributed by atoms with Gasteiger partial charge in [0.25, 0.3) is 0 Å². The van der Waals surface area contributed by atoms with Crippen LogP contribution in [0.3, 0.4) is 0 Å². The zero-order chi connectivity index (χ0) is 16.4. The zero-order valence-electron chi connectivity index (χ0n) is 11.3. The van der Waals surface area contributed by atoms with E-state index in [1.165, 1.54) is 24.4 Å². The third-order valence-electron chi connectivity index (χ3n) is 3.02. The van der Waals surface area contributed by atoms with Crippen LogP contribution in [0.25, 0.3) is 22.8 Å². The fraction of sp³-hybridized carbons (Fsp3) is 0.0714. The third-order valence-corrected chi connectivity index (χ3v) is 3.02. The molecule has 0 atom stereocenters. The van der Waals surface area contributed by atoms with Crippen molar-refractivity contribution in [2.75, 3.05) is 0 Å². The minimum Gasteiger partial charge on any atom is -0.237 e. The van der Waals surface area contributed by atoms with Gasteiger partial charge in [0.2, 0.25) is 0 Å². The molecule has 0 radical (unpaired) electrons. The highest BCUT2D eigenvalue weighted by Gasteiger charge is 2.30. The minimum absolute atomic E-state index is 0.0714. The van der Waals surface area contributed by atoms with Crippen LogP contribution < -0.4 is 0 Å². The second kappa shape index (κ2) is 5.49. The molecule has 2 aromatic heterocycles. The number of nitriles is 1. The molecule has 0 amide bonds. The number of H-pyrrole nitrogens is 1. The fourth-order valence-corrected chi connectivity index (χ4v) is 1.93. The lowest BCUT2D eigenvalue weighted by molar-refractivity contribution is -0.137. The van der Waals surface area contributed by atoms with Crippen molar-refractivity contribution >= 4 is 0 Å². The summed E-state index contributed by atoms with van der Waals surface area (Å²) in [5.74, 6) is 0.225. The Balaban J connectivity index is 1.99. The van der Waals surface area contributed by atoms with Gasteiger partial charge >= 0.3 is 6.18 Å². The van der Waals surface area contributed by atoms with E-state index in [2.05, 4.69) is 25.4 Å². The van der Waals surface area contributed by atoms with Gasteiger partial charge in [-0.3, -0.25) is 0 Å². The van der Waals surface area contributed by atoms with E-state index in [1.54, 1.807) is 0 Å². The number of halogens is 3. The normalized spacial score (nSPS) is 11.2. The first-order valence-corrected chi connectivity index (χ1v) is 6.31. The van der Waals surface area contributed by atoms with E-state index < -0.39 is 11.7 Å². The van der Waals surface area contributed by atoms with Crippen molar-refractivity contribution in [2.24, 2.45) is 0 Å². The van der Waals surface area contributed by atoms with Crippen LogP contribution in [0.1, 0.15) is 11.3 Å². The summed E-state index contributed by atoms with van der Waals surface area (Å²) in [4.78, 5) is 8.25. The maximum atomic E-state index is 12.6. The topological polar surface area (TPSA) is 91.1 Å². The van der Waals surface area contributed by atoms with Gasteiger partial charge in [0.15, 0.2) is 11.5 Å². The van der Waals surface area contributed by atoms with Crippen LogP contribution in [-0.2, 0) is 6.18 Å². The van der Waals surface area contributed by atoms with E-state index >= 15 is 0 Å². The molecule has 0 aliphatic heterocycles. The molecule has 3 rings (SSSR count). The molecule has 6 nitrogen and oxygen atoms in total. The summed E-state index contributed by atoms with van der Waals surface area (Å²) < 4.78 is 37.7. The monoisotopic (exact) mass is 316 g/mol. The molecule has 0 unspecified atom stereocenters. The SMILES string of the molecule is N#Cc1n[nH]nc1-c1ccnc(-c2ccc(C(F)(F)F)cc2)n1. The van der Waals surface area contributed by atoms with Crippen molar-refractivity contribution < 1.29 is 13.2 Å². The molecular formula is C14H7F3N6.